The van der Waals surface area contributed by atoms with Crippen molar-refractivity contribution in [2.24, 2.45) is 0 Å². The molecule has 2 heteroatoms. The topological polar surface area (TPSA) is 21.3 Å². The lowest BCUT2D eigenvalue weighted by molar-refractivity contribution is 0.00299. The molecule has 2 nitrogen and oxygen atoms in total. The molecule has 2 aromatic rings. The molecule has 0 saturated heterocycles. The number of hydrogen-bond acceptors (Lipinski definition) is 2. The molecule has 0 aliphatic heterocycles. The van der Waals surface area contributed by atoms with Gasteiger partial charge in [-0.25, -0.2) is 0 Å². The zero-order valence-corrected chi connectivity index (χ0v) is 11.9. The third-order valence-electron chi connectivity index (χ3n) is 3.86. The van der Waals surface area contributed by atoms with Gasteiger partial charge >= 0.3 is 0 Å². The van der Waals surface area contributed by atoms with Crippen LogP contribution in [-0.2, 0) is 4.74 Å². The molecule has 0 atom stereocenters. The lowest BCUT2D eigenvalue weighted by Gasteiger charge is -2.36. The van der Waals surface area contributed by atoms with Crippen LogP contribution in [0.25, 0.3) is 11.1 Å². The summed E-state index contributed by atoms with van der Waals surface area (Å²) in [5, 5.41) is 3.57. The van der Waals surface area contributed by atoms with E-state index in [4.69, 9.17) is 4.74 Å². The van der Waals surface area contributed by atoms with Gasteiger partial charge in [-0.05, 0) is 43.0 Å². The molecule has 1 aliphatic carbocycles. The molecule has 0 spiro atoms. The molecule has 0 aromatic heterocycles. The summed E-state index contributed by atoms with van der Waals surface area (Å²) in [6, 6.07) is 19.7. The number of nitrogens with one attached hydrogen (secondary N) is 1. The third-order valence-corrected chi connectivity index (χ3v) is 3.86. The molecule has 0 bridgehead atoms. The Morgan fingerprint density at radius 2 is 1.60 bits per heavy atom. The van der Waals surface area contributed by atoms with Gasteiger partial charge in [0.1, 0.15) is 0 Å². The summed E-state index contributed by atoms with van der Waals surface area (Å²) in [7, 11) is 0. The molecule has 0 radical (unpaired) electrons. The maximum Gasteiger partial charge on any atom is 0.0614 e. The fourth-order valence-corrected chi connectivity index (χ4v) is 2.68. The lowest BCUT2D eigenvalue weighted by Crippen LogP contribution is -2.40. The van der Waals surface area contributed by atoms with Crippen LogP contribution in [0.1, 0.15) is 19.8 Å². The van der Waals surface area contributed by atoms with E-state index in [1.165, 1.54) is 16.8 Å². The van der Waals surface area contributed by atoms with Crippen LogP contribution >= 0.6 is 0 Å². The Morgan fingerprint density at radius 1 is 0.950 bits per heavy atom. The van der Waals surface area contributed by atoms with Crippen molar-refractivity contribution in [2.45, 2.75) is 31.9 Å². The lowest BCUT2D eigenvalue weighted by atomic mass is 9.89. The van der Waals surface area contributed by atoms with E-state index in [0.717, 1.165) is 19.4 Å². The van der Waals surface area contributed by atoms with Gasteiger partial charge in [-0.15, -0.1) is 0 Å². The predicted octanol–water partition coefficient (Wildman–Crippen LogP) is 4.33. The highest BCUT2D eigenvalue weighted by Crippen LogP contribution is 2.28. The Hall–Kier alpha value is -1.80. The van der Waals surface area contributed by atoms with Crippen molar-refractivity contribution in [1.29, 1.82) is 0 Å². The fourth-order valence-electron chi connectivity index (χ4n) is 2.68. The summed E-state index contributed by atoms with van der Waals surface area (Å²) < 4.78 is 5.58. The molecule has 20 heavy (non-hydrogen) atoms. The monoisotopic (exact) mass is 267 g/mol. The van der Waals surface area contributed by atoms with E-state index in [9.17, 15) is 0 Å². The van der Waals surface area contributed by atoms with Gasteiger partial charge in [0, 0.05) is 18.3 Å². The predicted molar refractivity (Wildman–Crippen MR) is 83.9 cm³/mol. The minimum Gasteiger partial charge on any atom is -0.382 e. The van der Waals surface area contributed by atoms with Crippen LogP contribution in [0.2, 0.25) is 0 Å². The van der Waals surface area contributed by atoms with Crippen molar-refractivity contribution in [3.63, 3.8) is 0 Å². The molecule has 0 amide bonds. The summed E-state index contributed by atoms with van der Waals surface area (Å²) in [6.45, 7) is 2.88. The van der Waals surface area contributed by atoms with Crippen LogP contribution in [-0.4, -0.2) is 18.8 Å². The van der Waals surface area contributed by atoms with E-state index < -0.39 is 0 Å². The van der Waals surface area contributed by atoms with E-state index in [2.05, 4.69) is 60.8 Å². The van der Waals surface area contributed by atoms with Crippen LogP contribution < -0.4 is 5.32 Å². The molecule has 2 aromatic carbocycles. The van der Waals surface area contributed by atoms with Crippen molar-refractivity contribution >= 4 is 5.69 Å². The van der Waals surface area contributed by atoms with E-state index >= 15 is 0 Å². The van der Waals surface area contributed by atoms with Crippen molar-refractivity contribution < 1.29 is 4.74 Å². The van der Waals surface area contributed by atoms with Crippen LogP contribution in [0.3, 0.4) is 0 Å². The Kier molecular flexibility index (Phi) is 4.03. The Morgan fingerprint density at radius 3 is 2.25 bits per heavy atom. The van der Waals surface area contributed by atoms with Crippen LogP contribution in [0.5, 0.6) is 0 Å². The van der Waals surface area contributed by atoms with Crippen molar-refractivity contribution in [2.75, 3.05) is 11.9 Å². The molecule has 1 fully saturated rings. The Balaban J connectivity index is 1.58. The standard InChI is InChI=1S/C18H21NO/c1-2-20-18-12-17(13-18)19-16-10-8-15(9-11-16)14-6-4-3-5-7-14/h3-11,17-19H,2,12-13H2,1H3. The maximum atomic E-state index is 5.58. The van der Waals surface area contributed by atoms with Gasteiger partial charge in [0.2, 0.25) is 0 Å². The second kappa shape index (κ2) is 6.10. The van der Waals surface area contributed by atoms with E-state index in [-0.39, 0.29) is 0 Å². The fraction of sp³-hybridized carbons (Fsp3) is 0.333. The number of ether oxygens (including phenoxy) is 1. The van der Waals surface area contributed by atoms with Gasteiger partial charge in [-0.3, -0.25) is 0 Å². The first-order chi connectivity index (χ1) is 9.85. The molecule has 1 aliphatic rings. The summed E-state index contributed by atoms with van der Waals surface area (Å²) in [5.74, 6) is 0. The van der Waals surface area contributed by atoms with E-state index in [0.29, 0.717) is 12.1 Å². The van der Waals surface area contributed by atoms with Crippen molar-refractivity contribution in [1.82, 2.24) is 0 Å². The molecule has 0 unspecified atom stereocenters. The van der Waals surface area contributed by atoms with Crippen molar-refractivity contribution in [3.05, 3.63) is 54.6 Å². The highest BCUT2D eigenvalue weighted by Gasteiger charge is 2.29. The second-order valence-corrected chi connectivity index (χ2v) is 5.33. The molecule has 1 saturated carbocycles. The highest BCUT2D eigenvalue weighted by molar-refractivity contribution is 5.65. The molecular formula is C18H21NO. The second-order valence-electron chi connectivity index (χ2n) is 5.33. The summed E-state index contributed by atoms with van der Waals surface area (Å²) >= 11 is 0. The van der Waals surface area contributed by atoms with Gasteiger partial charge in [0.25, 0.3) is 0 Å². The Labute approximate surface area is 120 Å². The summed E-state index contributed by atoms with van der Waals surface area (Å²) in [4.78, 5) is 0. The first-order valence-electron chi connectivity index (χ1n) is 7.39. The normalized spacial score (nSPS) is 21.2. The van der Waals surface area contributed by atoms with Gasteiger partial charge in [0.05, 0.1) is 6.10 Å². The van der Waals surface area contributed by atoms with E-state index in [1.807, 2.05) is 6.07 Å². The molecule has 0 heterocycles. The first kappa shape index (κ1) is 13.2. The van der Waals surface area contributed by atoms with E-state index in [1.54, 1.807) is 0 Å². The zero-order valence-electron chi connectivity index (χ0n) is 11.9. The van der Waals surface area contributed by atoms with Crippen LogP contribution in [0.4, 0.5) is 5.69 Å². The van der Waals surface area contributed by atoms with Gasteiger partial charge < -0.3 is 10.1 Å². The number of hydrogen-bond donors (Lipinski definition) is 1. The SMILES string of the molecule is CCOC1CC(Nc2ccc(-c3ccccc3)cc2)C1. The highest BCUT2D eigenvalue weighted by atomic mass is 16.5. The average Bonchev–Trinajstić information content (AvgIpc) is 2.47. The molecule has 3 rings (SSSR count). The average molecular weight is 267 g/mol. The zero-order chi connectivity index (χ0) is 13.8. The van der Waals surface area contributed by atoms with Gasteiger partial charge in [0.15, 0.2) is 0 Å². The summed E-state index contributed by atoms with van der Waals surface area (Å²) in [6.07, 6.45) is 2.70. The first-order valence-corrected chi connectivity index (χ1v) is 7.39. The van der Waals surface area contributed by atoms with Gasteiger partial charge in [-0.2, -0.15) is 0 Å². The third kappa shape index (κ3) is 3.02. The summed E-state index contributed by atoms with van der Waals surface area (Å²) in [5.41, 5.74) is 3.72. The smallest absolute Gasteiger partial charge is 0.0614 e. The molecular weight excluding hydrogens is 246 g/mol. The van der Waals surface area contributed by atoms with Crippen LogP contribution in [0, 0.1) is 0 Å². The van der Waals surface area contributed by atoms with Crippen LogP contribution in [0.15, 0.2) is 54.6 Å². The number of benzene rings is 2. The minimum atomic E-state index is 0.459. The minimum absolute atomic E-state index is 0.459. The Bertz CT molecular complexity index is 529. The van der Waals surface area contributed by atoms with Gasteiger partial charge in [-0.1, -0.05) is 42.5 Å². The number of rotatable bonds is 5. The molecule has 1 N–H and O–H groups in total. The van der Waals surface area contributed by atoms with Crippen molar-refractivity contribution in [3.8, 4) is 11.1 Å². The maximum absolute atomic E-state index is 5.58. The largest absolute Gasteiger partial charge is 0.382 e. The molecule has 104 valence electrons. The number of anilines is 1. The quantitative estimate of drug-likeness (QED) is 0.870.